The van der Waals surface area contributed by atoms with Gasteiger partial charge in [0.05, 0.1) is 5.69 Å². The van der Waals surface area contributed by atoms with Crippen LogP contribution in [0.4, 0.5) is 0 Å². The molecule has 0 amide bonds. The number of aldehydes is 1. The summed E-state index contributed by atoms with van der Waals surface area (Å²) in [5.74, 6) is 0. The molecule has 1 aromatic heterocycles. The van der Waals surface area contributed by atoms with Gasteiger partial charge in [-0.2, -0.15) is 0 Å². The number of rotatable bonds is 2. The van der Waals surface area contributed by atoms with Gasteiger partial charge >= 0.3 is 0 Å². The number of nitrogens with one attached hydrogen (secondary N) is 1. The van der Waals surface area contributed by atoms with Crippen LogP contribution in [0.2, 0.25) is 10.0 Å². The zero-order valence-corrected chi connectivity index (χ0v) is 11.3. The fourth-order valence-corrected chi connectivity index (χ4v) is 2.59. The molecule has 1 N–H and O–H groups in total. The van der Waals surface area contributed by atoms with Gasteiger partial charge in [0.2, 0.25) is 0 Å². The molecule has 0 fully saturated rings. The van der Waals surface area contributed by atoms with Crippen LogP contribution in [0.3, 0.4) is 0 Å². The number of H-pyrrole nitrogens is 1. The number of halogens is 2. The van der Waals surface area contributed by atoms with Crippen LogP contribution in [0, 0.1) is 0 Å². The van der Waals surface area contributed by atoms with E-state index in [1.165, 1.54) is 0 Å². The fraction of sp³-hybridized carbons (Fsp3) is 0. The lowest BCUT2D eigenvalue weighted by molar-refractivity contribution is 0.112. The van der Waals surface area contributed by atoms with Gasteiger partial charge in [-0.25, -0.2) is 0 Å². The summed E-state index contributed by atoms with van der Waals surface area (Å²) < 4.78 is 0. The maximum Gasteiger partial charge on any atom is 0.152 e. The van der Waals surface area contributed by atoms with Gasteiger partial charge in [0.1, 0.15) is 0 Å². The molecule has 0 spiro atoms. The molecule has 0 aliphatic heterocycles. The van der Waals surface area contributed by atoms with Crippen molar-refractivity contribution in [2.75, 3.05) is 0 Å². The van der Waals surface area contributed by atoms with Crippen LogP contribution in [0.1, 0.15) is 10.4 Å². The van der Waals surface area contributed by atoms with Crippen molar-refractivity contribution in [1.29, 1.82) is 0 Å². The topological polar surface area (TPSA) is 32.9 Å². The molecule has 3 aromatic rings. The second-order valence-corrected chi connectivity index (χ2v) is 5.04. The molecule has 0 bridgehead atoms. The van der Waals surface area contributed by atoms with Gasteiger partial charge in [-0.1, -0.05) is 41.4 Å². The molecule has 0 saturated heterocycles. The number of aromatic amines is 1. The SMILES string of the molecule is O=Cc1c(-c2ccccc2Cl)[nH]c2ccc(Cl)cc12. The Morgan fingerprint density at radius 3 is 2.58 bits per heavy atom. The third-order valence-corrected chi connectivity index (χ3v) is 3.63. The second kappa shape index (κ2) is 4.72. The Labute approximate surface area is 120 Å². The molecule has 0 atom stereocenters. The number of hydrogen-bond acceptors (Lipinski definition) is 1. The highest BCUT2D eigenvalue weighted by atomic mass is 35.5. The summed E-state index contributed by atoms with van der Waals surface area (Å²) >= 11 is 12.2. The van der Waals surface area contributed by atoms with Crippen molar-refractivity contribution in [2.45, 2.75) is 0 Å². The molecule has 0 aliphatic rings. The Morgan fingerprint density at radius 1 is 1.05 bits per heavy atom. The highest BCUT2D eigenvalue weighted by Gasteiger charge is 2.14. The van der Waals surface area contributed by atoms with Crippen molar-refractivity contribution < 1.29 is 4.79 Å². The van der Waals surface area contributed by atoms with E-state index in [0.29, 0.717) is 15.6 Å². The molecule has 94 valence electrons. The van der Waals surface area contributed by atoms with Crippen molar-refractivity contribution >= 4 is 40.4 Å². The van der Waals surface area contributed by atoms with Gasteiger partial charge in [-0.15, -0.1) is 0 Å². The van der Waals surface area contributed by atoms with Crippen molar-refractivity contribution in [3.05, 3.63) is 58.1 Å². The van der Waals surface area contributed by atoms with E-state index in [1.807, 2.05) is 24.3 Å². The Kier molecular flexibility index (Phi) is 3.05. The first-order valence-electron chi connectivity index (χ1n) is 5.72. The summed E-state index contributed by atoms with van der Waals surface area (Å²) in [7, 11) is 0. The van der Waals surface area contributed by atoms with E-state index in [9.17, 15) is 4.79 Å². The Bertz CT molecular complexity index is 777. The fourth-order valence-electron chi connectivity index (χ4n) is 2.18. The smallest absolute Gasteiger partial charge is 0.152 e. The minimum Gasteiger partial charge on any atom is -0.354 e. The van der Waals surface area contributed by atoms with Crippen LogP contribution in [0.15, 0.2) is 42.5 Å². The summed E-state index contributed by atoms with van der Waals surface area (Å²) in [5, 5.41) is 2.00. The van der Waals surface area contributed by atoms with Gasteiger partial charge in [0, 0.05) is 32.1 Å². The predicted octanol–water partition coefficient (Wildman–Crippen LogP) is 4.95. The molecular weight excluding hydrogens is 281 g/mol. The maximum atomic E-state index is 11.4. The summed E-state index contributed by atoms with van der Waals surface area (Å²) in [6, 6.07) is 12.8. The van der Waals surface area contributed by atoms with E-state index in [-0.39, 0.29) is 0 Å². The van der Waals surface area contributed by atoms with Crippen molar-refractivity contribution in [3.63, 3.8) is 0 Å². The maximum absolute atomic E-state index is 11.4. The minimum absolute atomic E-state index is 0.575. The molecule has 2 nitrogen and oxygen atoms in total. The summed E-state index contributed by atoms with van der Waals surface area (Å²) in [5.41, 5.74) is 2.96. The van der Waals surface area contributed by atoms with Gasteiger partial charge in [-0.05, 0) is 24.3 Å². The molecule has 0 radical (unpaired) electrons. The first-order chi connectivity index (χ1) is 9.20. The van der Waals surface area contributed by atoms with Crippen molar-refractivity contribution in [1.82, 2.24) is 4.98 Å². The third-order valence-electron chi connectivity index (χ3n) is 3.06. The first-order valence-corrected chi connectivity index (χ1v) is 6.47. The zero-order valence-electron chi connectivity index (χ0n) is 9.78. The Balaban J connectivity index is 2.36. The molecule has 0 unspecified atom stereocenters. The van der Waals surface area contributed by atoms with Gasteiger partial charge in [0.25, 0.3) is 0 Å². The van der Waals surface area contributed by atoms with Crippen LogP contribution in [0.5, 0.6) is 0 Å². The van der Waals surface area contributed by atoms with Crippen LogP contribution in [-0.4, -0.2) is 11.3 Å². The molecule has 19 heavy (non-hydrogen) atoms. The van der Waals surface area contributed by atoms with Crippen LogP contribution >= 0.6 is 23.2 Å². The number of benzene rings is 2. The van der Waals surface area contributed by atoms with E-state index in [4.69, 9.17) is 23.2 Å². The van der Waals surface area contributed by atoms with E-state index in [1.54, 1.807) is 18.2 Å². The van der Waals surface area contributed by atoms with Crippen LogP contribution in [-0.2, 0) is 0 Å². The van der Waals surface area contributed by atoms with Crippen LogP contribution < -0.4 is 0 Å². The van der Waals surface area contributed by atoms with E-state index in [2.05, 4.69) is 4.98 Å². The van der Waals surface area contributed by atoms with Gasteiger partial charge in [-0.3, -0.25) is 4.79 Å². The van der Waals surface area contributed by atoms with Crippen LogP contribution in [0.25, 0.3) is 22.2 Å². The molecule has 0 aliphatic carbocycles. The number of fused-ring (bicyclic) bond motifs is 1. The largest absolute Gasteiger partial charge is 0.354 e. The lowest BCUT2D eigenvalue weighted by Gasteiger charge is -2.02. The van der Waals surface area contributed by atoms with E-state index in [0.717, 1.165) is 28.4 Å². The highest BCUT2D eigenvalue weighted by Crippen LogP contribution is 2.34. The number of hydrogen-bond donors (Lipinski definition) is 1. The average Bonchev–Trinajstić information content (AvgIpc) is 2.76. The summed E-state index contributed by atoms with van der Waals surface area (Å²) in [6.07, 6.45) is 0.827. The summed E-state index contributed by atoms with van der Waals surface area (Å²) in [6.45, 7) is 0. The Morgan fingerprint density at radius 2 is 1.84 bits per heavy atom. The Hall–Kier alpha value is -1.77. The number of aromatic nitrogens is 1. The van der Waals surface area contributed by atoms with E-state index >= 15 is 0 Å². The van der Waals surface area contributed by atoms with E-state index < -0.39 is 0 Å². The van der Waals surface area contributed by atoms with Gasteiger partial charge in [0.15, 0.2) is 6.29 Å². The standard InChI is InChI=1S/C15H9Cl2NO/c16-9-5-6-14-11(7-9)12(8-19)15(18-14)10-3-1-2-4-13(10)17/h1-8,18H. The molecule has 3 rings (SSSR count). The molecule has 0 saturated carbocycles. The highest BCUT2D eigenvalue weighted by molar-refractivity contribution is 6.34. The van der Waals surface area contributed by atoms with Crippen molar-refractivity contribution in [2.24, 2.45) is 0 Å². The minimum atomic E-state index is 0.575. The normalized spacial score (nSPS) is 10.8. The zero-order chi connectivity index (χ0) is 13.4. The second-order valence-electron chi connectivity index (χ2n) is 4.20. The monoisotopic (exact) mass is 289 g/mol. The van der Waals surface area contributed by atoms with Crippen molar-refractivity contribution in [3.8, 4) is 11.3 Å². The number of carbonyl (C=O) groups excluding carboxylic acids is 1. The quantitative estimate of drug-likeness (QED) is 0.665. The van der Waals surface area contributed by atoms with Gasteiger partial charge < -0.3 is 4.98 Å². The lowest BCUT2D eigenvalue weighted by Crippen LogP contribution is -1.85. The summed E-state index contributed by atoms with van der Waals surface area (Å²) in [4.78, 5) is 14.6. The first kappa shape index (κ1) is 12.3. The lowest BCUT2D eigenvalue weighted by atomic mass is 10.1. The average molecular weight is 290 g/mol. The molecule has 4 heteroatoms. The molecular formula is C15H9Cl2NO. The molecule has 1 heterocycles. The number of carbonyl (C=O) groups is 1. The molecule has 2 aromatic carbocycles. The predicted molar refractivity (Wildman–Crippen MR) is 79.1 cm³/mol. The third kappa shape index (κ3) is 2.03.